The van der Waals surface area contributed by atoms with Crippen molar-refractivity contribution in [3.63, 3.8) is 0 Å². The van der Waals surface area contributed by atoms with Crippen LogP contribution in [0.4, 0.5) is 0 Å². The first-order valence-electron chi connectivity index (χ1n) is 9.35. The number of aromatic nitrogens is 1. The fraction of sp³-hybridized carbons (Fsp3) is 0.429. The van der Waals surface area contributed by atoms with Crippen molar-refractivity contribution in [1.29, 1.82) is 0 Å². The number of aromatic amines is 1. The Morgan fingerprint density at radius 2 is 2.04 bits per heavy atom. The SMILES string of the molecule is CC(C)=CCN1C(=O)[C@@H]2CCCN2C(=O)[C@@H]1Cc1c[nH]c2ccccc12. The third kappa shape index (κ3) is 2.81. The molecule has 2 aromatic rings. The minimum Gasteiger partial charge on any atom is -0.361 e. The zero-order valence-electron chi connectivity index (χ0n) is 15.4. The van der Waals surface area contributed by atoms with E-state index in [4.69, 9.17) is 0 Å². The molecule has 2 amide bonds. The van der Waals surface area contributed by atoms with Gasteiger partial charge in [-0.15, -0.1) is 0 Å². The van der Waals surface area contributed by atoms with E-state index < -0.39 is 6.04 Å². The average molecular weight is 351 g/mol. The van der Waals surface area contributed by atoms with Gasteiger partial charge in [0, 0.05) is 36.6 Å². The van der Waals surface area contributed by atoms with Crippen LogP contribution < -0.4 is 0 Å². The molecule has 0 saturated carbocycles. The average Bonchev–Trinajstić information content (AvgIpc) is 3.26. The zero-order valence-corrected chi connectivity index (χ0v) is 15.4. The van der Waals surface area contributed by atoms with E-state index in [1.165, 1.54) is 0 Å². The van der Waals surface area contributed by atoms with Crippen molar-refractivity contribution in [1.82, 2.24) is 14.8 Å². The second-order valence-electron chi connectivity index (χ2n) is 7.54. The van der Waals surface area contributed by atoms with Gasteiger partial charge in [-0.1, -0.05) is 29.8 Å². The molecule has 1 N–H and O–H groups in total. The summed E-state index contributed by atoms with van der Waals surface area (Å²) in [5.41, 5.74) is 3.31. The fourth-order valence-electron chi connectivity index (χ4n) is 4.16. The molecule has 0 unspecified atom stereocenters. The summed E-state index contributed by atoms with van der Waals surface area (Å²) in [7, 11) is 0. The molecule has 26 heavy (non-hydrogen) atoms. The number of nitrogens with one attached hydrogen (secondary N) is 1. The molecular weight excluding hydrogens is 326 g/mol. The molecule has 5 heteroatoms. The molecule has 1 aromatic carbocycles. The van der Waals surface area contributed by atoms with E-state index in [1.807, 2.05) is 44.3 Å². The first kappa shape index (κ1) is 16.9. The predicted octanol–water partition coefficient (Wildman–Crippen LogP) is 2.88. The molecule has 0 bridgehead atoms. The van der Waals surface area contributed by atoms with Crippen molar-refractivity contribution in [2.45, 2.75) is 45.2 Å². The maximum absolute atomic E-state index is 13.2. The summed E-state index contributed by atoms with van der Waals surface area (Å²) in [5, 5.41) is 1.12. The Hall–Kier alpha value is -2.56. The number of piperazine rings is 1. The van der Waals surface area contributed by atoms with Crippen LogP contribution in [0.1, 0.15) is 32.3 Å². The molecular formula is C21H25N3O2. The molecule has 5 nitrogen and oxygen atoms in total. The van der Waals surface area contributed by atoms with E-state index in [9.17, 15) is 9.59 Å². The Balaban J connectivity index is 1.68. The monoisotopic (exact) mass is 351 g/mol. The van der Waals surface area contributed by atoms with E-state index >= 15 is 0 Å². The van der Waals surface area contributed by atoms with Crippen LogP contribution in [-0.2, 0) is 16.0 Å². The number of carbonyl (C=O) groups is 2. The molecule has 2 saturated heterocycles. The van der Waals surface area contributed by atoms with E-state index in [1.54, 1.807) is 9.80 Å². The van der Waals surface area contributed by atoms with Crippen molar-refractivity contribution in [2.24, 2.45) is 0 Å². The lowest BCUT2D eigenvalue weighted by atomic mass is 9.98. The summed E-state index contributed by atoms with van der Waals surface area (Å²) < 4.78 is 0. The second kappa shape index (κ2) is 6.63. The molecule has 0 aliphatic carbocycles. The summed E-state index contributed by atoms with van der Waals surface area (Å²) in [5.74, 6) is 0.198. The Morgan fingerprint density at radius 3 is 2.85 bits per heavy atom. The number of hydrogen-bond acceptors (Lipinski definition) is 2. The number of carbonyl (C=O) groups excluding carboxylic acids is 2. The number of hydrogen-bond donors (Lipinski definition) is 1. The largest absolute Gasteiger partial charge is 0.361 e. The lowest BCUT2D eigenvalue weighted by Gasteiger charge is -2.42. The van der Waals surface area contributed by atoms with Gasteiger partial charge in [-0.2, -0.15) is 0 Å². The first-order valence-corrected chi connectivity index (χ1v) is 9.35. The van der Waals surface area contributed by atoms with E-state index in [-0.39, 0.29) is 17.9 Å². The van der Waals surface area contributed by atoms with E-state index in [0.717, 1.165) is 34.9 Å². The number of para-hydroxylation sites is 1. The summed E-state index contributed by atoms with van der Waals surface area (Å²) >= 11 is 0. The molecule has 136 valence electrons. The zero-order chi connectivity index (χ0) is 18.3. The van der Waals surface area contributed by atoms with Gasteiger partial charge in [-0.3, -0.25) is 9.59 Å². The van der Waals surface area contributed by atoms with Gasteiger partial charge in [0.2, 0.25) is 11.8 Å². The predicted molar refractivity (Wildman–Crippen MR) is 102 cm³/mol. The number of amides is 2. The number of rotatable bonds is 4. The molecule has 0 spiro atoms. The maximum atomic E-state index is 13.2. The molecule has 4 rings (SSSR count). The minimum absolute atomic E-state index is 0.0968. The van der Waals surface area contributed by atoms with Crippen LogP contribution >= 0.6 is 0 Å². The molecule has 2 aliphatic heterocycles. The molecule has 2 fully saturated rings. The Morgan fingerprint density at radius 1 is 1.23 bits per heavy atom. The lowest BCUT2D eigenvalue weighted by molar-refractivity contribution is -0.158. The van der Waals surface area contributed by atoms with Gasteiger partial charge in [0.25, 0.3) is 0 Å². The summed E-state index contributed by atoms with van der Waals surface area (Å²) in [6.07, 6.45) is 6.26. The quantitative estimate of drug-likeness (QED) is 0.861. The normalized spacial score (nSPS) is 22.8. The van der Waals surface area contributed by atoms with Crippen LogP contribution in [0.3, 0.4) is 0 Å². The summed E-state index contributed by atoms with van der Waals surface area (Å²) in [6, 6.07) is 7.41. The van der Waals surface area contributed by atoms with Gasteiger partial charge in [-0.25, -0.2) is 0 Å². The van der Waals surface area contributed by atoms with Crippen molar-refractivity contribution in [2.75, 3.05) is 13.1 Å². The van der Waals surface area contributed by atoms with Gasteiger partial charge in [-0.05, 0) is 38.3 Å². The van der Waals surface area contributed by atoms with Crippen LogP contribution in [0.2, 0.25) is 0 Å². The van der Waals surface area contributed by atoms with Gasteiger partial charge in [0.15, 0.2) is 0 Å². The Kier molecular flexibility index (Phi) is 4.31. The topological polar surface area (TPSA) is 56.4 Å². The smallest absolute Gasteiger partial charge is 0.246 e. The van der Waals surface area contributed by atoms with Gasteiger partial charge in [0.1, 0.15) is 12.1 Å². The first-order chi connectivity index (χ1) is 12.6. The molecule has 0 radical (unpaired) electrons. The molecule has 3 heterocycles. The van der Waals surface area contributed by atoms with Crippen molar-refractivity contribution < 1.29 is 9.59 Å². The standard InChI is InChI=1S/C21H25N3O2/c1-14(2)9-11-24-19(21(26)23-10-5-8-18(23)20(24)25)12-15-13-22-17-7-4-3-6-16(15)17/h3-4,6-7,9,13,18-19,22H,5,8,10-12H2,1-2H3/t18-,19-/m0/s1. The number of allylic oxidation sites excluding steroid dienone is 1. The third-order valence-electron chi connectivity index (χ3n) is 5.55. The van der Waals surface area contributed by atoms with Crippen LogP contribution in [0.15, 0.2) is 42.1 Å². The summed E-state index contributed by atoms with van der Waals surface area (Å²) in [4.78, 5) is 33.1. The van der Waals surface area contributed by atoms with Crippen molar-refractivity contribution >= 4 is 22.7 Å². The number of fused-ring (bicyclic) bond motifs is 2. The van der Waals surface area contributed by atoms with Gasteiger partial charge < -0.3 is 14.8 Å². The molecule has 1 aromatic heterocycles. The van der Waals surface area contributed by atoms with Gasteiger partial charge >= 0.3 is 0 Å². The third-order valence-corrected chi connectivity index (χ3v) is 5.55. The number of H-pyrrole nitrogens is 1. The number of nitrogens with zero attached hydrogens (tertiary/aromatic N) is 2. The highest BCUT2D eigenvalue weighted by atomic mass is 16.2. The Bertz CT molecular complexity index is 878. The van der Waals surface area contributed by atoms with Crippen LogP contribution in [-0.4, -0.2) is 51.8 Å². The van der Waals surface area contributed by atoms with Crippen LogP contribution in [0.5, 0.6) is 0 Å². The van der Waals surface area contributed by atoms with Gasteiger partial charge in [0.05, 0.1) is 0 Å². The number of benzene rings is 1. The summed E-state index contributed by atoms with van der Waals surface area (Å²) in [6.45, 7) is 5.25. The highest BCUT2D eigenvalue weighted by Crippen LogP contribution is 2.30. The Labute approximate surface area is 153 Å². The lowest BCUT2D eigenvalue weighted by Crippen LogP contribution is -2.63. The van der Waals surface area contributed by atoms with Crippen molar-refractivity contribution in [3.05, 3.63) is 47.7 Å². The fourth-order valence-corrected chi connectivity index (χ4v) is 4.16. The van der Waals surface area contributed by atoms with Crippen LogP contribution in [0.25, 0.3) is 10.9 Å². The highest BCUT2D eigenvalue weighted by Gasteiger charge is 2.47. The second-order valence-corrected chi connectivity index (χ2v) is 7.54. The van der Waals surface area contributed by atoms with E-state index in [0.29, 0.717) is 19.5 Å². The van der Waals surface area contributed by atoms with Crippen LogP contribution in [0, 0.1) is 0 Å². The minimum atomic E-state index is -0.424. The van der Waals surface area contributed by atoms with E-state index in [2.05, 4.69) is 11.1 Å². The maximum Gasteiger partial charge on any atom is 0.246 e. The molecule has 2 aliphatic rings. The molecule has 2 atom stereocenters. The van der Waals surface area contributed by atoms with Crippen molar-refractivity contribution in [3.8, 4) is 0 Å². The highest BCUT2D eigenvalue weighted by molar-refractivity contribution is 5.98.